The lowest BCUT2D eigenvalue weighted by molar-refractivity contribution is 0.170. The summed E-state index contributed by atoms with van der Waals surface area (Å²) >= 11 is 0. The number of hydrogen-bond acceptors (Lipinski definition) is 2. The predicted octanol–water partition coefficient (Wildman–Crippen LogP) is 3.49. The van der Waals surface area contributed by atoms with Crippen LogP contribution in [0.5, 0.6) is 0 Å². The molecule has 0 unspecified atom stereocenters. The molecule has 1 N–H and O–H groups in total. The molecule has 1 aliphatic rings. The summed E-state index contributed by atoms with van der Waals surface area (Å²) in [5, 5.41) is 8.81. The molecule has 0 bridgehead atoms. The number of piperidine rings is 1. The Labute approximate surface area is 123 Å². The fourth-order valence-corrected chi connectivity index (χ4v) is 3.19. The number of rotatable bonds is 8. The molecule has 0 radical (unpaired) electrons. The summed E-state index contributed by atoms with van der Waals surface area (Å²) in [7, 11) is 0. The Kier molecular flexibility index (Phi) is 7.10. The molecule has 1 aromatic carbocycles. The Balaban J connectivity index is 1.55. The van der Waals surface area contributed by atoms with Gasteiger partial charge in [0, 0.05) is 6.61 Å². The van der Waals surface area contributed by atoms with Crippen molar-refractivity contribution in [3.63, 3.8) is 0 Å². The lowest BCUT2D eigenvalue weighted by Crippen LogP contribution is -2.34. The summed E-state index contributed by atoms with van der Waals surface area (Å²) in [6, 6.07) is 10.9. The Morgan fingerprint density at radius 3 is 2.45 bits per heavy atom. The van der Waals surface area contributed by atoms with E-state index in [0.717, 1.165) is 18.8 Å². The molecule has 1 heterocycles. The third kappa shape index (κ3) is 5.64. The van der Waals surface area contributed by atoms with Gasteiger partial charge in [-0.3, -0.25) is 0 Å². The number of likely N-dealkylation sites (tertiary alicyclic amines) is 1. The van der Waals surface area contributed by atoms with Crippen molar-refractivity contribution in [3.8, 4) is 0 Å². The Bertz CT molecular complexity index is 344. The molecule has 1 aromatic rings. The smallest absolute Gasteiger partial charge is 0.0431 e. The molecule has 0 saturated carbocycles. The highest BCUT2D eigenvalue weighted by Crippen LogP contribution is 2.23. The van der Waals surface area contributed by atoms with Crippen LogP contribution >= 0.6 is 0 Å². The fourth-order valence-electron chi connectivity index (χ4n) is 3.19. The second-order valence-electron chi connectivity index (χ2n) is 6.09. The lowest BCUT2D eigenvalue weighted by Gasteiger charge is -2.32. The Morgan fingerprint density at radius 2 is 1.75 bits per heavy atom. The van der Waals surface area contributed by atoms with Gasteiger partial charge in [-0.1, -0.05) is 36.8 Å². The molecule has 2 rings (SSSR count). The first-order chi connectivity index (χ1) is 9.88. The van der Waals surface area contributed by atoms with Crippen LogP contribution in [0, 0.1) is 5.92 Å². The van der Waals surface area contributed by atoms with Crippen LogP contribution in [0.15, 0.2) is 30.3 Å². The minimum absolute atomic E-state index is 0.343. The van der Waals surface area contributed by atoms with Crippen LogP contribution in [-0.2, 0) is 6.42 Å². The molecule has 0 atom stereocenters. The highest BCUT2D eigenvalue weighted by atomic mass is 16.2. The first-order valence-corrected chi connectivity index (χ1v) is 8.25. The third-order valence-corrected chi connectivity index (χ3v) is 4.51. The van der Waals surface area contributed by atoms with E-state index < -0.39 is 0 Å². The van der Waals surface area contributed by atoms with Crippen LogP contribution in [0.4, 0.5) is 0 Å². The molecule has 0 amide bonds. The van der Waals surface area contributed by atoms with Crippen molar-refractivity contribution in [3.05, 3.63) is 35.9 Å². The molecule has 2 nitrogen and oxygen atoms in total. The van der Waals surface area contributed by atoms with Gasteiger partial charge < -0.3 is 10.0 Å². The lowest BCUT2D eigenvalue weighted by atomic mass is 9.90. The zero-order chi connectivity index (χ0) is 14.0. The first-order valence-electron chi connectivity index (χ1n) is 8.25. The van der Waals surface area contributed by atoms with Gasteiger partial charge in [-0.15, -0.1) is 0 Å². The summed E-state index contributed by atoms with van der Waals surface area (Å²) in [4.78, 5) is 2.57. The van der Waals surface area contributed by atoms with E-state index in [4.69, 9.17) is 5.11 Å². The molecule has 1 saturated heterocycles. The maximum Gasteiger partial charge on any atom is 0.0431 e. The monoisotopic (exact) mass is 275 g/mol. The zero-order valence-corrected chi connectivity index (χ0v) is 12.6. The second kappa shape index (κ2) is 9.15. The number of aliphatic hydroxyl groups excluding tert-OH is 1. The van der Waals surface area contributed by atoms with Gasteiger partial charge in [0.25, 0.3) is 0 Å². The maximum absolute atomic E-state index is 8.81. The quantitative estimate of drug-likeness (QED) is 0.734. The van der Waals surface area contributed by atoms with E-state index in [1.54, 1.807) is 0 Å². The molecule has 0 aliphatic carbocycles. The number of nitrogens with zero attached hydrogens (tertiary/aromatic N) is 1. The van der Waals surface area contributed by atoms with E-state index in [-0.39, 0.29) is 0 Å². The number of benzene rings is 1. The molecule has 2 heteroatoms. The van der Waals surface area contributed by atoms with E-state index in [2.05, 4.69) is 35.2 Å². The molecule has 0 aromatic heterocycles. The molecule has 0 spiro atoms. The third-order valence-electron chi connectivity index (χ3n) is 4.51. The van der Waals surface area contributed by atoms with Crippen LogP contribution in [0.25, 0.3) is 0 Å². The Hall–Kier alpha value is -0.860. The zero-order valence-electron chi connectivity index (χ0n) is 12.6. The Morgan fingerprint density at radius 1 is 1.00 bits per heavy atom. The summed E-state index contributed by atoms with van der Waals surface area (Å²) in [5.41, 5.74) is 1.48. The SMILES string of the molecule is OCCCCN1CCC(CCCc2ccccc2)CC1. The maximum atomic E-state index is 8.81. The summed E-state index contributed by atoms with van der Waals surface area (Å²) in [5.74, 6) is 0.938. The van der Waals surface area contributed by atoms with Crippen molar-refractivity contribution in [2.45, 2.75) is 44.9 Å². The van der Waals surface area contributed by atoms with Crippen LogP contribution in [0.2, 0.25) is 0 Å². The predicted molar refractivity (Wildman–Crippen MR) is 84.9 cm³/mol. The highest BCUT2D eigenvalue weighted by molar-refractivity contribution is 5.14. The van der Waals surface area contributed by atoms with E-state index in [1.807, 2.05) is 0 Å². The van der Waals surface area contributed by atoms with Crippen LogP contribution in [-0.4, -0.2) is 36.2 Å². The van der Waals surface area contributed by atoms with Gasteiger partial charge in [-0.2, -0.15) is 0 Å². The van der Waals surface area contributed by atoms with Gasteiger partial charge in [-0.25, -0.2) is 0 Å². The largest absolute Gasteiger partial charge is 0.396 e. The fraction of sp³-hybridized carbons (Fsp3) is 0.667. The van der Waals surface area contributed by atoms with Crippen molar-refractivity contribution in [2.24, 2.45) is 5.92 Å². The standard InChI is InChI=1S/C18H29NO/c20-16-5-4-13-19-14-11-18(12-15-19)10-6-9-17-7-2-1-3-8-17/h1-3,7-8,18,20H,4-6,9-16H2. The molecule has 1 fully saturated rings. The number of aliphatic hydroxyl groups is 1. The van der Waals surface area contributed by atoms with E-state index in [1.165, 1.54) is 57.3 Å². The molecular formula is C18H29NO. The average molecular weight is 275 g/mol. The molecule has 112 valence electrons. The van der Waals surface area contributed by atoms with Gasteiger partial charge in [0.15, 0.2) is 0 Å². The van der Waals surface area contributed by atoms with Gasteiger partial charge >= 0.3 is 0 Å². The summed E-state index contributed by atoms with van der Waals surface area (Å²) in [6.45, 7) is 4.05. The van der Waals surface area contributed by atoms with Crippen molar-refractivity contribution in [1.82, 2.24) is 4.90 Å². The van der Waals surface area contributed by atoms with Crippen molar-refractivity contribution in [2.75, 3.05) is 26.2 Å². The molecular weight excluding hydrogens is 246 g/mol. The number of hydrogen-bond donors (Lipinski definition) is 1. The van der Waals surface area contributed by atoms with Crippen molar-refractivity contribution in [1.29, 1.82) is 0 Å². The molecule has 20 heavy (non-hydrogen) atoms. The van der Waals surface area contributed by atoms with Gasteiger partial charge in [0.2, 0.25) is 0 Å². The van der Waals surface area contributed by atoms with E-state index >= 15 is 0 Å². The van der Waals surface area contributed by atoms with Crippen molar-refractivity contribution < 1.29 is 5.11 Å². The van der Waals surface area contributed by atoms with Gasteiger partial charge in [0.1, 0.15) is 0 Å². The van der Waals surface area contributed by atoms with Crippen LogP contribution in [0.1, 0.15) is 44.1 Å². The topological polar surface area (TPSA) is 23.5 Å². The highest BCUT2D eigenvalue weighted by Gasteiger charge is 2.18. The number of unbranched alkanes of at least 4 members (excludes halogenated alkanes) is 1. The van der Waals surface area contributed by atoms with Crippen LogP contribution < -0.4 is 0 Å². The normalized spacial score (nSPS) is 17.4. The summed E-state index contributed by atoms with van der Waals surface area (Å²) in [6.07, 6.45) is 8.80. The average Bonchev–Trinajstić information content (AvgIpc) is 2.50. The van der Waals surface area contributed by atoms with Gasteiger partial charge in [0.05, 0.1) is 0 Å². The van der Waals surface area contributed by atoms with E-state index in [9.17, 15) is 0 Å². The van der Waals surface area contributed by atoms with Crippen molar-refractivity contribution >= 4 is 0 Å². The van der Waals surface area contributed by atoms with E-state index in [0.29, 0.717) is 6.61 Å². The second-order valence-corrected chi connectivity index (χ2v) is 6.09. The minimum atomic E-state index is 0.343. The molecule has 1 aliphatic heterocycles. The number of aryl methyl sites for hydroxylation is 1. The van der Waals surface area contributed by atoms with Crippen LogP contribution in [0.3, 0.4) is 0 Å². The summed E-state index contributed by atoms with van der Waals surface area (Å²) < 4.78 is 0. The minimum Gasteiger partial charge on any atom is -0.396 e. The van der Waals surface area contributed by atoms with Gasteiger partial charge in [-0.05, 0) is 69.6 Å². The first kappa shape index (κ1) is 15.5.